The zero-order valence-corrected chi connectivity index (χ0v) is 17.2. The van der Waals surface area contributed by atoms with Gasteiger partial charge < -0.3 is 30.2 Å². The summed E-state index contributed by atoms with van der Waals surface area (Å²) in [6.07, 6.45) is 0. The minimum Gasteiger partial charge on any atom is -0.497 e. The van der Waals surface area contributed by atoms with E-state index >= 15 is 0 Å². The predicted octanol–water partition coefficient (Wildman–Crippen LogP) is 3.19. The summed E-state index contributed by atoms with van der Waals surface area (Å²) in [4.78, 5) is 27.7. The van der Waals surface area contributed by atoms with E-state index in [-0.39, 0.29) is 35.8 Å². The van der Waals surface area contributed by atoms with Crippen molar-refractivity contribution in [2.45, 2.75) is 6.61 Å². The van der Waals surface area contributed by atoms with Gasteiger partial charge in [0.1, 0.15) is 23.0 Å². The quantitative estimate of drug-likeness (QED) is 0.371. The molecule has 0 fully saturated rings. The number of fused-ring (bicyclic) bond motifs is 1. The zero-order chi connectivity index (χ0) is 22.7. The average molecular weight is 438 g/mol. The molecule has 2 heterocycles. The van der Waals surface area contributed by atoms with E-state index in [1.54, 1.807) is 25.3 Å². The first-order valence-electron chi connectivity index (χ1n) is 9.40. The third-order valence-electron chi connectivity index (χ3n) is 4.47. The maximum atomic E-state index is 13.1. The number of aromatic nitrogens is 4. The number of H-pyrrole nitrogens is 1. The van der Waals surface area contributed by atoms with E-state index < -0.39 is 5.97 Å². The molecule has 0 radical (unpaired) electrons. The van der Waals surface area contributed by atoms with Crippen LogP contribution in [0.3, 0.4) is 0 Å². The number of nitrogen functional groups attached to an aromatic ring is 1. The first-order valence-corrected chi connectivity index (χ1v) is 9.40. The molecule has 0 amide bonds. The van der Waals surface area contributed by atoms with Gasteiger partial charge in [0.05, 0.1) is 19.7 Å². The smallest absolute Gasteiger partial charge is 0.355 e. The van der Waals surface area contributed by atoms with E-state index in [0.29, 0.717) is 22.7 Å². The minimum absolute atomic E-state index is 0.0573. The van der Waals surface area contributed by atoms with Gasteiger partial charge in [0.2, 0.25) is 11.9 Å². The summed E-state index contributed by atoms with van der Waals surface area (Å²) >= 11 is 0. The number of carbonyl (C=O) groups is 1. The Kier molecular flexibility index (Phi) is 5.71. The summed E-state index contributed by atoms with van der Waals surface area (Å²) < 4.78 is 29.0. The highest BCUT2D eigenvalue weighted by molar-refractivity contribution is 5.97. The van der Waals surface area contributed by atoms with Gasteiger partial charge in [-0.2, -0.15) is 15.0 Å². The van der Waals surface area contributed by atoms with Crippen LogP contribution >= 0.6 is 0 Å². The van der Waals surface area contributed by atoms with Gasteiger partial charge >= 0.3 is 5.97 Å². The summed E-state index contributed by atoms with van der Waals surface area (Å²) in [5, 5.41) is 3.62. The van der Waals surface area contributed by atoms with Crippen molar-refractivity contribution in [1.29, 1.82) is 0 Å². The van der Waals surface area contributed by atoms with Gasteiger partial charge in [-0.25, -0.2) is 9.18 Å². The summed E-state index contributed by atoms with van der Waals surface area (Å²) in [6, 6.07) is 10.7. The predicted molar refractivity (Wildman–Crippen MR) is 114 cm³/mol. The summed E-state index contributed by atoms with van der Waals surface area (Å²) in [5.41, 5.74) is 7.14. The number of nitrogens with one attached hydrogen (secondary N) is 2. The van der Waals surface area contributed by atoms with Gasteiger partial charge in [0.15, 0.2) is 12.4 Å². The van der Waals surface area contributed by atoms with Crippen molar-refractivity contribution in [1.82, 2.24) is 19.9 Å². The van der Waals surface area contributed by atoms with Crippen LogP contribution in [0.2, 0.25) is 0 Å². The van der Waals surface area contributed by atoms with Crippen molar-refractivity contribution in [3.63, 3.8) is 0 Å². The molecule has 0 saturated heterocycles. The summed E-state index contributed by atoms with van der Waals surface area (Å²) in [6.45, 7) is -0.237. The number of hydrogen-bond donors (Lipinski definition) is 3. The van der Waals surface area contributed by atoms with Gasteiger partial charge in [-0.15, -0.1) is 0 Å². The number of nitrogens with zero attached hydrogens (tertiary/aromatic N) is 3. The fraction of sp³-hybridized carbons (Fsp3) is 0.143. The number of methoxy groups -OCH3 is 2. The Labute approximate surface area is 181 Å². The number of anilines is 3. The van der Waals surface area contributed by atoms with Crippen molar-refractivity contribution < 1.29 is 23.4 Å². The van der Waals surface area contributed by atoms with E-state index in [9.17, 15) is 9.18 Å². The Morgan fingerprint density at radius 1 is 1.09 bits per heavy atom. The number of benzene rings is 2. The minimum atomic E-state index is -0.616. The molecular formula is C21H19FN6O4. The van der Waals surface area contributed by atoms with Crippen LogP contribution in [-0.4, -0.2) is 40.1 Å². The molecule has 4 rings (SSSR count). The fourth-order valence-electron chi connectivity index (χ4n) is 3.00. The Hall–Kier alpha value is -4.41. The number of aromatic amines is 1. The fourth-order valence-corrected chi connectivity index (χ4v) is 3.00. The number of nitrogens with two attached hydrogens (primary N) is 1. The second-order valence-electron chi connectivity index (χ2n) is 6.62. The molecule has 0 aliphatic heterocycles. The van der Waals surface area contributed by atoms with Crippen LogP contribution < -0.4 is 20.5 Å². The maximum absolute atomic E-state index is 13.1. The van der Waals surface area contributed by atoms with Crippen LogP contribution in [0, 0.1) is 5.82 Å². The molecule has 0 aliphatic rings. The molecule has 11 heteroatoms. The van der Waals surface area contributed by atoms with Gasteiger partial charge in [0, 0.05) is 17.1 Å². The van der Waals surface area contributed by atoms with Crippen molar-refractivity contribution in [3.8, 4) is 11.5 Å². The van der Waals surface area contributed by atoms with Crippen molar-refractivity contribution in [2.24, 2.45) is 0 Å². The second kappa shape index (κ2) is 8.76. The van der Waals surface area contributed by atoms with Crippen molar-refractivity contribution >= 4 is 34.5 Å². The lowest BCUT2D eigenvalue weighted by Crippen LogP contribution is -2.11. The molecule has 0 spiro atoms. The zero-order valence-electron chi connectivity index (χ0n) is 17.2. The summed E-state index contributed by atoms with van der Waals surface area (Å²) in [7, 11) is 3.07. The Morgan fingerprint density at radius 2 is 1.88 bits per heavy atom. The van der Waals surface area contributed by atoms with E-state index in [0.717, 1.165) is 5.39 Å². The standard InChI is InChI=1S/C21H19FN6O4/c1-30-14-7-11-8-15(25-18(11)16(9-14)31-2)19(29)32-10-17-26-20(23)28-21(27-17)24-13-5-3-12(22)4-6-13/h3-9,25H,10H2,1-2H3,(H3,23,24,26,27,28). The van der Waals surface area contributed by atoms with Crippen LogP contribution in [0.15, 0.2) is 42.5 Å². The lowest BCUT2D eigenvalue weighted by atomic mass is 10.2. The Balaban J connectivity index is 1.49. The summed E-state index contributed by atoms with van der Waals surface area (Å²) in [5.74, 6) is 0.359. The van der Waals surface area contributed by atoms with Crippen molar-refractivity contribution in [3.05, 3.63) is 59.8 Å². The number of hydrogen-bond acceptors (Lipinski definition) is 9. The highest BCUT2D eigenvalue weighted by atomic mass is 19.1. The maximum Gasteiger partial charge on any atom is 0.355 e. The number of ether oxygens (including phenoxy) is 3. The van der Waals surface area contributed by atoms with Gasteiger partial charge in [-0.05, 0) is 36.4 Å². The third-order valence-corrected chi connectivity index (χ3v) is 4.47. The molecular weight excluding hydrogens is 419 g/mol. The monoisotopic (exact) mass is 438 g/mol. The molecule has 2 aromatic heterocycles. The number of halogens is 1. The van der Waals surface area contributed by atoms with E-state index in [1.165, 1.54) is 31.4 Å². The van der Waals surface area contributed by atoms with Crippen LogP contribution in [-0.2, 0) is 11.3 Å². The van der Waals surface area contributed by atoms with Gasteiger partial charge in [0.25, 0.3) is 0 Å². The van der Waals surface area contributed by atoms with Crippen LogP contribution in [0.1, 0.15) is 16.3 Å². The highest BCUT2D eigenvalue weighted by Crippen LogP contribution is 2.31. The first-order chi connectivity index (χ1) is 15.4. The largest absolute Gasteiger partial charge is 0.497 e. The van der Waals surface area contributed by atoms with Crippen LogP contribution in [0.5, 0.6) is 11.5 Å². The van der Waals surface area contributed by atoms with Crippen molar-refractivity contribution in [2.75, 3.05) is 25.3 Å². The molecule has 32 heavy (non-hydrogen) atoms. The highest BCUT2D eigenvalue weighted by Gasteiger charge is 2.16. The Morgan fingerprint density at radius 3 is 2.59 bits per heavy atom. The third kappa shape index (κ3) is 4.51. The van der Waals surface area contributed by atoms with Gasteiger partial charge in [-0.3, -0.25) is 0 Å². The SMILES string of the molecule is COc1cc(OC)c2[nH]c(C(=O)OCc3nc(N)nc(Nc4ccc(F)cc4)n3)cc2c1. The molecule has 10 nitrogen and oxygen atoms in total. The van der Waals surface area contributed by atoms with E-state index in [4.69, 9.17) is 19.9 Å². The average Bonchev–Trinajstić information content (AvgIpc) is 3.22. The molecule has 4 N–H and O–H groups in total. The Bertz CT molecular complexity index is 1280. The van der Waals surface area contributed by atoms with Crippen LogP contribution in [0.4, 0.5) is 22.0 Å². The van der Waals surface area contributed by atoms with Gasteiger partial charge in [-0.1, -0.05) is 0 Å². The molecule has 0 saturated carbocycles. The van der Waals surface area contributed by atoms with Crippen LogP contribution in [0.25, 0.3) is 10.9 Å². The van der Waals surface area contributed by atoms with E-state index in [1.807, 2.05) is 0 Å². The number of carbonyl (C=O) groups excluding carboxylic acids is 1. The normalized spacial score (nSPS) is 10.7. The molecule has 2 aromatic carbocycles. The molecule has 164 valence electrons. The molecule has 4 aromatic rings. The molecule has 0 atom stereocenters. The molecule has 0 bridgehead atoms. The topological polar surface area (TPSA) is 137 Å². The number of esters is 1. The molecule has 0 aliphatic carbocycles. The molecule has 0 unspecified atom stereocenters. The van der Waals surface area contributed by atoms with E-state index in [2.05, 4.69) is 25.3 Å². The lowest BCUT2D eigenvalue weighted by molar-refractivity contribution is 0.0456. The second-order valence-corrected chi connectivity index (χ2v) is 6.62. The first kappa shape index (κ1) is 20.8. The lowest BCUT2D eigenvalue weighted by Gasteiger charge is -2.08. The number of rotatable bonds is 7.